The number of esters is 1. The highest BCUT2D eigenvalue weighted by atomic mass is 16.5. The lowest BCUT2D eigenvalue weighted by molar-refractivity contribution is -0.117. The van der Waals surface area contributed by atoms with Gasteiger partial charge >= 0.3 is 5.97 Å². The highest BCUT2D eigenvalue weighted by molar-refractivity contribution is 5.98. The van der Waals surface area contributed by atoms with Crippen molar-refractivity contribution in [2.75, 3.05) is 11.9 Å². The second-order valence-electron chi connectivity index (χ2n) is 9.28. The van der Waals surface area contributed by atoms with E-state index in [1.54, 1.807) is 36.7 Å². The maximum absolute atomic E-state index is 13.5. The molecule has 194 valence electrons. The fourth-order valence-electron chi connectivity index (χ4n) is 4.36. The van der Waals surface area contributed by atoms with Gasteiger partial charge in [-0.05, 0) is 52.4 Å². The molecule has 0 fully saturated rings. The molecule has 0 aliphatic rings. The summed E-state index contributed by atoms with van der Waals surface area (Å²) < 4.78 is 5.45. The number of fused-ring (bicyclic) bond motifs is 1. The summed E-state index contributed by atoms with van der Waals surface area (Å²) in [5, 5.41) is 8.54. The van der Waals surface area contributed by atoms with Crippen molar-refractivity contribution in [1.29, 1.82) is 0 Å². The van der Waals surface area contributed by atoms with E-state index < -0.39 is 5.92 Å². The van der Waals surface area contributed by atoms with E-state index in [9.17, 15) is 9.59 Å². The van der Waals surface area contributed by atoms with Crippen molar-refractivity contribution in [3.05, 3.63) is 144 Å². The van der Waals surface area contributed by atoms with Crippen LogP contribution in [0.4, 0.5) is 5.69 Å². The largest absolute Gasteiger partial charge is 0.457 e. The number of nitrogens with one attached hydrogen (secondary N) is 2. The number of hydrogen-bond donors (Lipinski definition) is 2. The second kappa shape index (κ2) is 12.6. The third-order valence-corrected chi connectivity index (χ3v) is 6.51. The van der Waals surface area contributed by atoms with Crippen molar-refractivity contribution >= 4 is 28.3 Å². The van der Waals surface area contributed by atoms with Gasteiger partial charge in [0.05, 0.1) is 11.5 Å². The number of rotatable bonds is 10. The molecule has 1 atom stereocenters. The van der Waals surface area contributed by atoms with Gasteiger partial charge in [-0.3, -0.25) is 9.78 Å². The Morgan fingerprint density at radius 3 is 2.28 bits per heavy atom. The smallest absolute Gasteiger partial charge is 0.338 e. The molecule has 0 spiro atoms. The summed E-state index contributed by atoms with van der Waals surface area (Å²) >= 11 is 0. The zero-order chi connectivity index (χ0) is 26.9. The van der Waals surface area contributed by atoms with Gasteiger partial charge in [-0.2, -0.15) is 0 Å². The summed E-state index contributed by atoms with van der Waals surface area (Å²) in [6, 6.07) is 34.4. The molecule has 0 radical (unpaired) electrons. The summed E-state index contributed by atoms with van der Waals surface area (Å²) in [4.78, 5) is 30.0. The highest BCUT2D eigenvalue weighted by Crippen LogP contribution is 2.22. The molecule has 4 aromatic carbocycles. The summed E-state index contributed by atoms with van der Waals surface area (Å²) in [6.07, 6.45) is 3.54. The van der Waals surface area contributed by atoms with E-state index in [4.69, 9.17) is 4.74 Å². The molecule has 0 aliphatic carbocycles. The number of pyridine rings is 1. The molecular formula is C33H29N3O3. The average molecular weight is 516 g/mol. The summed E-state index contributed by atoms with van der Waals surface area (Å²) in [5.74, 6) is -0.900. The van der Waals surface area contributed by atoms with Crippen LogP contribution in [0.15, 0.2) is 122 Å². The van der Waals surface area contributed by atoms with Crippen molar-refractivity contribution in [2.24, 2.45) is 0 Å². The summed E-state index contributed by atoms with van der Waals surface area (Å²) in [6.45, 7) is 1.27. The summed E-state index contributed by atoms with van der Waals surface area (Å²) in [5.41, 5.74) is 4.12. The topological polar surface area (TPSA) is 80.3 Å². The Morgan fingerprint density at radius 2 is 1.51 bits per heavy atom. The van der Waals surface area contributed by atoms with E-state index in [1.165, 1.54) is 0 Å². The van der Waals surface area contributed by atoms with Gasteiger partial charge in [0.1, 0.15) is 6.61 Å². The van der Waals surface area contributed by atoms with Crippen molar-refractivity contribution in [3.63, 3.8) is 0 Å². The standard InChI is InChI=1S/C33H29N3O3/c37-32(36-30-16-15-29-21-34-18-17-28(29)19-30)31(22-35-20-24-7-3-1-4-8-24)26-13-11-25(12-14-26)23-39-33(38)27-9-5-2-6-10-27/h1-19,21,31,35H,20,22-23H2,(H,36,37). The Kier molecular flexibility index (Phi) is 8.36. The quantitative estimate of drug-likeness (QED) is 0.220. The van der Waals surface area contributed by atoms with Crippen molar-refractivity contribution in [2.45, 2.75) is 19.1 Å². The van der Waals surface area contributed by atoms with Gasteiger partial charge in [-0.25, -0.2) is 4.79 Å². The first-order valence-corrected chi connectivity index (χ1v) is 12.9. The van der Waals surface area contributed by atoms with Crippen molar-refractivity contribution < 1.29 is 14.3 Å². The molecule has 1 unspecified atom stereocenters. The fourth-order valence-corrected chi connectivity index (χ4v) is 4.36. The zero-order valence-electron chi connectivity index (χ0n) is 21.4. The first kappa shape index (κ1) is 25.8. The third-order valence-electron chi connectivity index (χ3n) is 6.51. The third kappa shape index (κ3) is 6.94. The number of hydrogen-bond acceptors (Lipinski definition) is 5. The number of aromatic nitrogens is 1. The molecule has 0 bridgehead atoms. The molecule has 5 rings (SSSR count). The maximum Gasteiger partial charge on any atom is 0.338 e. The molecule has 0 saturated carbocycles. The number of ether oxygens (including phenoxy) is 1. The van der Waals surface area contributed by atoms with E-state index in [2.05, 4.69) is 27.8 Å². The van der Waals surface area contributed by atoms with Gasteiger partial charge < -0.3 is 15.4 Å². The zero-order valence-corrected chi connectivity index (χ0v) is 21.4. The van der Waals surface area contributed by atoms with Crippen LogP contribution in [-0.2, 0) is 22.7 Å². The van der Waals surface area contributed by atoms with Gasteiger partial charge in [-0.15, -0.1) is 0 Å². The molecule has 6 nitrogen and oxygen atoms in total. The van der Waals surface area contributed by atoms with Crippen molar-refractivity contribution in [3.8, 4) is 0 Å². The Morgan fingerprint density at radius 1 is 0.769 bits per heavy atom. The van der Waals surface area contributed by atoms with E-state index in [1.807, 2.05) is 72.8 Å². The minimum Gasteiger partial charge on any atom is -0.457 e. The van der Waals surface area contributed by atoms with E-state index in [-0.39, 0.29) is 18.5 Å². The van der Waals surface area contributed by atoms with Gasteiger partial charge in [0.25, 0.3) is 0 Å². The lowest BCUT2D eigenvalue weighted by Crippen LogP contribution is -2.30. The SMILES string of the molecule is O=C(OCc1ccc(C(CNCc2ccccc2)C(=O)Nc2ccc3cnccc3c2)cc1)c1ccccc1. The van der Waals surface area contributed by atoms with Gasteiger partial charge in [0.15, 0.2) is 0 Å². The molecule has 1 heterocycles. The van der Waals surface area contributed by atoms with Crippen LogP contribution in [0.1, 0.15) is 33.0 Å². The second-order valence-corrected chi connectivity index (χ2v) is 9.28. The van der Waals surface area contributed by atoms with Crippen LogP contribution in [0.3, 0.4) is 0 Å². The predicted octanol–water partition coefficient (Wildman–Crippen LogP) is 6.10. The van der Waals surface area contributed by atoms with Crippen LogP contribution in [-0.4, -0.2) is 23.4 Å². The van der Waals surface area contributed by atoms with Gasteiger partial charge in [-0.1, -0.05) is 78.9 Å². The van der Waals surface area contributed by atoms with Crippen LogP contribution < -0.4 is 10.6 Å². The Bertz CT molecular complexity index is 1540. The first-order chi connectivity index (χ1) is 19.2. The molecule has 0 saturated heterocycles. The number of amides is 1. The minimum atomic E-state index is -0.428. The first-order valence-electron chi connectivity index (χ1n) is 12.9. The molecule has 5 aromatic rings. The Labute approximate surface area is 227 Å². The fraction of sp³-hybridized carbons (Fsp3) is 0.121. The summed E-state index contributed by atoms with van der Waals surface area (Å²) in [7, 11) is 0. The predicted molar refractivity (Wildman–Crippen MR) is 153 cm³/mol. The minimum absolute atomic E-state index is 0.104. The van der Waals surface area contributed by atoms with E-state index in [0.29, 0.717) is 18.7 Å². The monoisotopic (exact) mass is 515 g/mol. The van der Waals surface area contributed by atoms with Crippen LogP contribution in [0.25, 0.3) is 10.8 Å². The normalized spacial score (nSPS) is 11.6. The lowest BCUT2D eigenvalue weighted by Gasteiger charge is -2.19. The molecule has 39 heavy (non-hydrogen) atoms. The molecule has 2 N–H and O–H groups in total. The molecule has 6 heteroatoms. The van der Waals surface area contributed by atoms with Crippen LogP contribution >= 0.6 is 0 Å². The number of anilines is 1. The van der Waals surface area contributed by atoms with Crippen LogP contribution in [0.5, 0.6) is 0 Å². The number of benzene rings is 4. The molecule has 1 aromatic heterocycles. The Hall–Kier alpha value is -4.81. The van der Waals surface area contributed by atoms with Gasteiger partial charge in [0, 0.05) is 36.6 Å². The average Bonchev–Trinajstić information content (AvgIpc) is 2.99. The highest BCUT2D eigenvalue weighted by Gasteiger charge is 2.21. The molecular weight excluding hydrogens is 486 g/mol. The van der Waals surface area contributed by atoms with E-state index in [0.717, 1.165) is 33.2 Å². The molecule has 0 aliphatic heterocycles. The number of carbonyl (C=O) groups is 2. The van der Waals surface area contributed by atoms with Crippen molar-refractivity contribution in [1.82, 2.24) is 10.3 Å². The van der Waals surface area contributed by atoms with Crippen LogP contribution in [0, 0.1) is 0 Å². The maximum atomic E-state index is 13.5. The lowest BCUT2D eigenvalue weighted by atomic mass is 9.96. The van der Waals surface area contributed by atoms with E-state index >= 15 is 0 Å². The van der Waals surface area contributed by atoms with Crippen LogP contribution in [0.2, 0.25) is 0 Å². The molecule has 1 amide bonds. The number of carbonyl (C=O) groups excluding carboxylic acids is 2. The van der Waals surface area contributed by atoms with Gasteiger partial charge in [0.2, 0.25) is 5.91 Å². The number of nitrogens with zero attached hydrogens (tertiary/aromatic N) is 1. The Balaban J connectivity index is 1.28.